The van der Waals surface area contributed by atoms with Crippen LogP contribution in [0.25, 0.3) is 0 Å². The Hall–Kier alpha value is -2.31. The topological polar surface area (TPSA) is 59.6 Å². The Morgan fingerprint density at radius 2 is 1.96 bits per heavy atom. The predicted molar refractivity (Wildman–Crippen MR) is 108 cm³/mol. The lowest BCUT2D eigenvalue weighted by Gasteiger charge is -2.15. The molecule has 0 bridgehead atoms. The van der Waals surface area contributed by atoms with Gasteiger partial charge in [0.05, 0.1) is 23.7 Å². The largest absolute Gasteiger partial charge is 0.490 e. The molecular formula is C19H21ClN2O3S. The number of nitrogens with one attached hydrogen (secondary N) is 2. The highest BCUT2D eigenvalue weighted by atomic mass is 35.5. The summed E-state index contributed by atoms with van der Waals surface area (Å²) in [5.41, 5.74) is 2.05. The summed E-state index contributed by atoms with van der Waals surface area (Å²) >= 11 is 11.3. The molecule has 7 heteroatoms. The van der Waals surface area contributed by atoms with E-state index < -0.39 is 0 Å². The molecule has 2 aromatic carbocycles. The first-order valence-electron chi connectivity index (χ1n) is 8.21. The molecule has 0 aliphatic rings. The first-order valence-corrected chi connectivity index (χ1v) is 9.00. The van der Waals surface area contributed by atoms with Gasteiger partial charge in [0, 0.05) is 5.69 Å². The highest BCUT2D eigenvalue weighted by Crippen LogP contribution is 2.23. The number of rotatable bonds is 7. The van der Waals surface area contributed by atoms with Gasteiger partial charge < -0.3 is 20.1 Å². The first-order chi connectivity index (χ1) is 12.5. The number of esters is 1. The molecule has 138 valence electrons. The molecule has 0 aliphatic carbocycles. The number of benzene rings is 2. The normalized spacial score (nSPS) is 10.1. The zero-order chi connectivity index (χ0) is 18.9. The van der Waals surface area contributed by atoms with Crippen molar-refractivity contribution in [1.82, 2.24) is 5.32 Å². The Morgan fingerprint density at radius 3 is 2.69 bits per heavy atom. The summed E-state index contributed by atoms with van der Waals surface area (Å²) in [6.07, 6.45) is 0. The summed E-state index contributed by atoms with van der Waals surface area (Å²) in [5, 5.41) is 7.16. The Balaban J connectivity index is 1.85. The second kappa shape index (κ2) is 9.99. The number of carbonyl (C=O) groups is 1. The Kier molecular flexibility index (Phi) is 7.69. The van der Waals surface area contributed by atoms with Crippen LogP contribution in [0.3, 0.4) is 0 Å². The molecule has 5 nitrogen and oxygen atoms in total. The molecule has 0 aliphatic heterocycles. The molecule has 0 saturated carbocycles. The van der Waals surface area contributed by atoms with Crippen molar-refractivity contribution in [2.45, 2.75) is 13.8 Å². The number of anilines is 1. The van der Waals surface area contributed by atoms with Crippen LogP contribution in [0.1, 0.15) is 22.8 Å². The summed E-state index contributed by atoms with van der Waals surface area (Å²) < 4.78 is 10.7. The number of hydrogen-bond acceptors (Lipinski definition) is 4. The summed E-state index contributed by atoms with van der Waals surface area (Å²) in [6, 6.07) is 12.7. The molecule has 0 spiro atoms. The lowest BCUT2D eigenvalue weighted by molar-refractivity contribution is 0.0525. The Labute approximate surface area is 163 Å². The third-order valence-electron chi connectivity index (χ3n) is 3.56. The van der Waals surface area contributed by atoms with E-state index in [4.69, 9.17) is 33.3 Å². The first kappa shape index (κ1) is 20.0. The number of thiocarbonyl (C=S) groups is 1. The Morgan fingerprint density at radius 1 is 1.19 bits per heavy atom. The van der Waals surface area contributed by atoms with Crippen molar-refractivity contribution in [3.8, 4) is 5.75 Å². The van der Waals surface area contributed by atoms with Crippen molar-refractivity contribution >= 4 is 40.6 Å². The third kappa shape index (κ3) is 5.61. The Bertz CT molecular complexity index is 783. The number of hydrogen-bond donors (Lipinski definition) is 2. The molecule has 0 heterocycles. The minimum Gasteiger partial charge on any atom is -0.490 e. The number of carbonyl (C=O) groups excluding carboxylic acids is 1. The molecule has 0 radical (unpaired) electrons. The molecule has 2 aromatic rings. The van der Waals surface area contributed by atoms with Gasteiger partial charge in [-0.2, -0.15) is 0 Å². The van der Waals surface area contributed by atoms with E-state index in [1.165, 1.54) is 0 Å². The van der Waals surface area contributed by atoms with Crippen LogP contribution in [-0.4, -0.2) is 30.8 Å². The maximum Gasteiger partial charge on any atom is 0.338 e. The molecule has 0 atom stereocenters. The van der Waals surface area contributed by atoms with Crippen LogP contribution in [0.4, 0.5) is 5.69 Å². The molecule has 0 amide bonds. The van der Waals surface area contributed by atoms with Crippen LogP contribution in [0.15, 0.2) is 42.5 Å². The van der Waals surface area contributed by atoms with Gasteiger partial charge in [0.25, 0.3) is 0 Å². The zero-order valence-electron chi connectivity index (χ0n) is 14.7. The van der Waals surface area contributed by atoms with Gasteiger partial charge >= 0.3 is 5.97 Å². The predicted octanol–water partition coefficient (Wildman–Crippen LogP) is 4.19. The maximum atomic E-state index is 12.0. The summed E-state index contributed by atoms with van der Waals surface area (Å²) in [6.45, 7) is 4.87. The van der Waals surface area contributed by atoms with E-state index >= 15 is 0 Å². The van der Waals surface area contributed by atoms with Gasteiger partial charge in [0.15, 0.2) is 5.11 Å². The molecule has 0 saturated heterocycles. The SMILES string of the molecule is CCOC(=O)c1cccc(NC(=S)NCCOc2ccccc2Cl)c1C. The van der Waals surface area contributed by atoms with Crippen molar-refractivity contribution in [2.75, 3.05) is 25.1 Å². The standard InChI is InChI=1S/C19H21ClN2O3S/c1-3-24-18(23)14-7-6-9-16(13(14)2)22-19(26)21-11-12-25-17-10-5-4-8-15(17)20/h4-10H,3,11-12H2,1-2H3,(H2,21,22,26). The van der Waals surface area contributed by atoms with Crippen LogP contribution in [-0.2, 0) is 4.74 Å². The number of halogens is 1. The monoisotopic (exact) mass is 392 g/mol. The van der Waals surface area contributed by atoms with Gasteiger partial charge in [-0.15, -0.1) is 0 Å². The van der Waals surface area contributed by atoms with E-state index in [1.807, 2.05) is 31.2 Å². The molecule has 26 heavy (non-hydrogen) atoms. The fourth-order valence-corrected chi connectivity index (χ4v) is 2.66. The number of ether oxygens (including phenoxy) is 2. The molecule has 0 unspecified atom stereocenters. The lowest BCUT2D eigenvalue weighted by atomic mass is 10.1. The van der Waals surface area contributed by atoms with Crippen molar-refractivity contribution in [3.05, 3.63) is 58.6 Å². The summed E-state index contributed by atoms with van der Waals surface area (Å²) in [7, 11) is 0. The van der Waals surface area contributed by atoms with E-state index in [-0.39, 0.29) is 5.97 Å². The number of para-hydroxylation sites is 1. The van der Waals surface area contributed by atoms with Gasteiger partial charge in [-0.3, -0.25) is 0 Å². The van der Waals surface area contributed by atoms with Crippen molar-refractivity contribution < 1.29 is 14.3 Å². The fraction of sp³-hybridized carbons (Fsp3) is 0.263. The second-order valence-corrected chi connectivity index (χ2v) is 6.17. The van der Waals surface area contributed by atoms with Crippen molar-refractivity contribution in [2.24, 2.45) is 0 Å². The lowest BCUT2D eigenvalue weighted by Crippen LogP contribution is -2.32. The average molecular weight is 393 g/mol. The van der Waals surface area contributed by atoms with E-state index in [2.05, 4.69) is 10.6 Å². The molecule has 0 fully saturated rings. The van der Waals surface area contributed by atoms with Crippen LogP contribution < -0.4 is 15.4 Å². The molecule has 2 N–H and O–H groups in total. The third-order valence-corrected chi connectivity index (χ3v) is 4.12. The highest BCUT2D eigenvalue weighted by Gasteiger charge is 2.13. The molecular weight excluding hydrogens is 372 g/mol. The highest BCUT2D eigenvalue weighted by molar-refractivity contribution is 7.80. The van der Waals surface area contributed by atoms with Gasteiger partial charge in [0.1, 0.15) is 12.4 Å². The van der Waals surface area contributed by atoms with E-state index in [0.29, 0.717) is 41.2 Å². The quantitative estimate of drug-likeness (QED) is 0.418. The summed E-state index contributed by atoms with van der Waals surface area (Å²) in [4.78, 5) is 12.0. The van der Waals surface area contributed by atoms with Gasteiger partial charge in [-0.1, -0.05) is 29.8 Å². The van der Waals surface area contributed by atoms with Crippen molar-refractivity contribution in [1.29, 1.82) is 0 Å². The average Bonchev–Trinajstić information content (AvgIpc) is 2.62. The van der Waals surface area contributed by atoms with Gasteiger partial charge in [-0.25, -0.2) is 4.79 Å². The van der Waals surface area contributed by atoms with Crippen LogP contribution in [0, 0.1) is 6.92 Å². The van der Waals surface area contributed by atoms with E-state index in [9.17, 15) is 4.79 Å². The minimum absolute atomic E-state index is 0.335. The molecule has 2 rings (SSSR count). The van der Waals surface area contributed by atoms with Crippen molar-refractivity contribution in [3.63, 3.8) is 0 Å². The summed E-state index contributed by atoms with van der Waals surface area (Å²) in [5.74, 6) is 0.286. The smallest absolute Gasteiger partial charge is 0.338 e. The zero-order valence-corrected chi connectivity index (χ0v) is 16.2. The minimum atomic E-state index is -0.347. The van der Waals surface area contributed by atoms with E-state index in [0.717, 1.165) is 11.3 Å². The van der Waals surface area contributed by atoms with Crippen LogP contribution in [0.5, 0.6) is 5.75 Å². The molecule has 0 aromatic heterocycles. The maximum absolute atomic E-state index is 12.0. The van der Waals surface area contributed by atoms with Crippen LogP contribution >= 0.6 is 23.8 Å². The van der Waals surface area contributed by atoms with Gasteiger partial charge in [0.2, 0.25) is 0 Å². The fourth-order valence-electron chi connectivity index (χ4n) is 2.25. The van der Waals surface area contributed by atoms with Crippen LogP contribution in [0.2, 0.25) is 5.02 Å². The second-order valence-electron chi connectivity index (χ2n) is 5.36. The van der Waals surface area contributed by atoms with Gasteiger partial charge in [-0.05, 0) is 55.9 Å². The van der Waals surface area contributed by atoms with E-state index in [1.54, 1.807) is 25.1 Å².